The highest BCUT2D eigenvalue weighted by atomic mass is 32.2. The van der Waals surface area contributed by atoms with E-state index in [2.05, 4.69) is 28.2 Å². The molecule has 0 rings (SSSR count). The van der Waals surface area contributed by atoms with E-state index in [1.807, 2.05) is 0 Å². The van der Waals surface area contributed by atoms with E-state index in [4.69, 9.17) is 13.0 Å². The highest BCUT2D eigenvalue weighted by molar-refractivity contribution is 7.66. The van der Waals surface area contributed by atoms with Crippen LogP contribution in [0.15, 0.2) is 0 Å². The van der Waals surface area contributed by atoms with E-state index >= 15 is 0 Å². The first-order valence-corrected chi connectivity index (χ1v) is 3.48. The van der Waals surface area contributed by atoms with Gasteiger partial charge in [0, 0.05) is 0 Å². The maximum absolute atomic E-state index is 8.59. The minimum absolute atomic E-state index is 1.00. The van der Waals surface area contributed by atoms with Crippen molar-refractivity contribution in [3.8, 4) is 0 Å². The molecule has 4 nitrogen and oxygen atoms in total. The topological polar surface area (TPSA) is 54.4 Å². The summed E-state index contributed by atoms with van der Waals surface area (Å²) in [5, 5.41) is 0. The second kappa shape index (κ2) is 4.72. The third-order valence-corrected chi connectivity index (χ3v) is 0. The molecule has 0 amide bonds. The second-order valence-electron chi connectivity index (χ2n) is 2.92. The minimum Gasteiger partial charge on any atom is -0.333 e. The number of hydrogen-bond acceptors (Lipinski definition) is 2. The third-order valence-electron chi connectivity index (χ3n) is 0. The third kappa shape index (κ3) is 16000. The van der Waals surface area contributed by atoms with Gasteiger partial charge in [-0.25, -0.2) is 8.42 Å². The molecule has 0 fully saturated rings. The maximum atomic E-state index is 8.59. The maximum Gasteiger partial charge on any atom is 0.254 e. The predicted octanol–water partition coefficient (Wildman–Crippen LogP) is -0.607. The van der Waals surface area contributed by atoms with Crippen LogP contribution in [0, 0.1) is 0 Å². The molecule has 0 aliphatic rings. The Bertz CT molecular complexity index is 110. The van der Waals surface area contributed by atoms with E-state index in [-0.39, 0.29) is 0 Å². The lowest BCUT2D eigenvalue weighted by molar-refractivity contribution is -0.849. The van der Waals surface area contributed by atoms with Crippen LogP contribution in [-0.2, 0) is 11.0 Å². The molecular formula is C4H14NO3S+. The van der Waals surface area contributed by atoms with Crippen LogP contribution in [0.2, 0.25) is 0 Å². The molecule has 0 aromatic carbocycles. The molecule has 0 bridgehead atoms. The van der Waals surface area contributed by atoms with Gasteiger partial charge in [-0.1, -0.05) is 0 Å². The van der Waals surface area contributed by atoms with Gasteiger partial charge in [-0.3, -0.25) is 4.55 Å². The molecule has 0 aliphatic carbocycles. The molecule has 0 aromatic rings. The summed E-state index contributed by atoms with van der Waals surface area (Å²) >= 11 is 0. The summed E-state index contributed by atoms with van der Waals surface area (Å²) in [4.78, 5) is 0. The average Bonchev–Trinajstić information content (AvgIpc) is 1.19. The smallest absolute Gasteiger partial charge is 0.254 e. The van der Waals surface area contributed by atoms with Gasteiger partial charge in [-0.15, -0.1) is 0 Å². The molecule has 0 aliphatic heterocycles. The Morgan fingerprint density at radius 1 is 1.11 bits per heavy atom. The lowest BCUT2D eigenvalue weighted by Gasteiger charge is -2.14. The van der Waals surface area contributed by atoms with Crippen LogP contribution in [-0.4, -0.2) is 45.6 Å². The van der Waals surface area contributed by atoms with E-state index < -0.39 is 11.0 Å². The summed E-state index contributed by atoms with van der Waals surface area (Å²) < 4.78 is 25.2. The first-order valence-electron chi connectivity index (χ1n) is 2.35. The summed E-state index contributed by atoms with van der Waals surface area (Å²) in [7, 11) is 5.38. The van der Waals surface area contributed by atoms with Crippen LogP contribution in [0.1, 0.15) is 0 Å². The van der Waals surface area contributed by atoms with Crippen LogP contribution in [0.3, 0.4) is 0 Å². The Morgan fingerprint density at radius 3 is 1.11 bits per heavy atom. The van der Waals surface area contributed by atoms with Gasteiger partial charge in [0.2, 0.25) is 0 Å². The second-order valence-corrected chi connectivity index (χ2v) is 3.40. The number of nitrogens with zero attached hydrogens (tertiary/aromatic N) is 1. The van der Waals surface area contributed by atoms with Crippen molar-refractivity contribution in [1.29, 1.82) is 0 Å². The Balaban J connectivity index is 0. The Kier molecular flexibility index (Phi) is 6.11. The van der Waals surface area contributed by atoms with Crippen molar-refractivity contribution in [2.24, 2.45) is 0 Å². The zero-order valence-electron chi connectivity index (χ0n) is 6.16. The van der Waals surface area contributed by atoms with Gasteiger partial charge in [-0.2, -0.15) is 0 Å². The molecule has 0 saturated carbocycles. The molecule has 0 atom stereocenters. The molecule has 1 N–H and O–H groups in total. The molecule has 0 unspecified atom stereocenters. The van der Waals surface area contributed by atoms with E-state index in [0.29, 0.717) is 0 Å². The van der Waals surface area contributed by atoms with E-state index in [1.54, 1.807) is 0 Å². The number of rotatable bonds is 0. The fourth-order valence-corrected chi connectivity index (χ4v) is 0. The first-order chi connectivity index (χ1) is 3.73. The summed E-state index contributed by atoms with van der Waals surface area (Å²) in [5.41, 5.74) is 0. The average molecular weight is 156 g/mol. The lowest BCUT2D eigenvalue weighted by atomic mass is 10.8. The molecule has 0 spiro atoms. The largest absolute Gasteiger partial charge is 0.333 e. The van der Waals surface area contributed by atoms with Crippen LogP contribution < -0.4 is 0 Å². The standard InChI is InChI=1S/C4H12N.H2O3S/c1-5(2,3)4;1-4(2)3/h1-4H3;4H,(H,1,2,3)/q+1;. The summed E-state index contributed by atoms with van der Waals surface area (Å²) in [6.07, 6.45) is 0. The fraction of sp³-hybridized carbons (Fsp3) is 1.00. The van der Waals surface area contributed by atoms with Crippen molar-refractivity contribution in [2.75, 3.05) is 28.2 Å². The van der Waals surface area contributed by atoms with Gasteiger partial charge < -0.3 is 4.48 Å². The monoisotopic (exact) mass is 156 g/mol. The van der Waals surface area contributed by atoms with Crippen molar-refractivity contribution in [3.05, 3.63) is 0 Å². The Morgan fingerprint density at radius 2 is 1.11 bits per heavy atom. The molecular weight excluding hydrogens is 142 g/mol. The lowest BCUT2D eigenvalue weighted by Crippen LogP contribution is -2.27. The molecule has 0 heterocycles. The van der Waals surface area contributed by atoms with Gasteiger partial charge in [0.15, 0.2) is 0 Å². The number of hydrogen-bond donors (Lipinski definition) is 2. The summed E-state index contributed by atoms with van der Waals surface area (Å²) in [5.74, 6) is 0. The Labute approximate surface area is 57.5 Å². The molecule has 5 heteroatoms. The van der Waals surface area contributed by atoms with E-state index in [0.717, 1.165) is 4.48 Å². The number of quaternary nitrogens is 1. The number of thiol groups is 1. The van der Waals surface area contributed by atoms with Crippen LogP contribution in [0.5, 0.6) is 0 Å². The molecule has 0 aromatic heterocycles. The molecule has 58 valence electrons. The highest BCUT2D eigenvalue weighted by Gasteiger charge is 1.88. The van der Waals surface area contributed by atoms with Crippen LogP contribution in [0.4, 0.5) is 0 Å². The highest BCUT2D eigenvalue weighted by Crippen LogP contribution is 1.73. The van der Waals surface area contributed by atoms with Crippen molar-refractivity contribution in [2.45, 2.75) is 0 Å². The predicted molar refractivity (Wildman–Crippen MR) is 36.9 cm³/mol. The first kappa shape index (κ1) is 11.6. The molecule has 0 radical (unpaired) electrons. The van der Waals surface area contributed by atoms with Gasteiger partial charge in [0.25, 0.3) is 11.0 Å². The van der Waals surface area contributed by atoms with Crippen molar-refractivity contribution in [3.63, 3.8) is 0 Å². The van der Waals surface area contributed by atoms with E-state index in [1.165, 1.54) is 0 Å². The van der Waals surface area contributed by atoms with E-state index in [9.17, 15) is 0 Å². The quantitative estimate of drug-likeness (QED) is 0.279. The van der Waals surface area contributed by atoms with Crippen molar-refractivity contribution >= 4 is 11.0 Å². The van der Waals surface area contributed by atoms with Gasteiger partial charge in [-0.05, 0) is 0 Å². The zero-order chi connectivity index (χ0) is 8.08. The van der Waals surface area contributed by atoms with Gasteiger partial charge in [0.05, 0.1) is 28.2 Å². The summed E-state index contributed by atoms with van der Waals surface area (Å²) in [6.45, 7) is 0. The van der Waals surface area contributed by atoms with Crippen molar-refractivity contribution < 1.29 is 17.5 Å². The SMILES string of the molecule is C[N+](C)(C)C.O=[SH](=O)O. The molecule has 9 heavy (non-hydrogen) atoms. The normalized spacial score (nSPS) is 10.4. The van der Waals surface area contributed by atoms with Gasteiger partial charge >= 0.3 is 0 Å². The molecule has 0 saturated heterocycles. The minimum atomic E-state index is -3.12. The zero-order valence-corrected chi connectivity index (χ0v) is 7.05. The van der Waals surface area contributed by atoms with Gasteiger partial charge in [0.1, 0.15) is 0 Å². The Hall–Kier alpha value is -0.130. The van der Waals surface area contributed by atoms with Crippen LogP contribution in [0.25, 0.3) is 0 Å². The fourth-order valence-electron chi connectivity index (χ4n) is 0. The van der Waals surface area contributed by atoms with Crippen LogP contribution >= 0.6 is 0 Å². The summed E-state index contributed by atoms with van der Waals surface area (Å²) in [6, 6.07) is 0. The van der Waals surface area contributed by atoms with Crippen molar-refractivity contribution in [1.82, 2.24) is 0 Å².